The molecule has 1 atom stereocenters. The standard InChI is InChI=1S/C13H15.Li/c1-11-6-5-9-13(11)10-12-7-3-2-4-8-12;/h2-4,7,13H,1,5-6,9-10H2;/q-1;+1. The van der Waals surface area contributed by atoms with Crippen LogP contribution in [-0.4, -0.2) is 0 Å². The zero-order valence-corrected chi connectivity index (χ0v) is 8.92. The smallest absolute Gasteiger partial charge is 0.180 e. The molecule has 1 unspecified atom stereocenters. The fourth-order valence-corrected chi connectivity index (χ4v) is 2.05. The number of rotatable bonds is 2. The molecule has 0 aromatic heterocycles. The Morgan fingerprint density at radius 3 is 2.86 bits per heavy atom. The summed E-state index contributed by atoms with van der Waals surface area (Å²) in [6, 6.07) is 11.5. The molecule has 1 aliphatic carbocycles. The maximum Gasteiger partial charge on any atom is 1.00 e. The van der Waals surface area contributed by atoms with Crippen molar-refractivity contribution in [2.24, 2.45) is 5.92 Å². The summed E-state index contributed by atoms with van der Waals surface area (Å²) in [4.78, 5) is 0. The van der Waals surface area contributed by atoms with Crippen LogP contribution < -0.4 is 18.9 Å². The van der Waals surface area contributed by atoms with E-state index in [-0.39, 0.29) is 18.9 Å². The van der Waals surface area contributed by atoms with Gasteiger partial charge in [-0.05, 0) is 31.6 Å². The molecule has 1 saturated carbocycles. The molecule has 1 heteroatoms. The van der Waals surface area contributed by atoms with Crippen molar-refractivity contribution < 1.29 is 18.9 Å². The minimum absolute atomic E-state index is 0. The SMILES string of the molecule is C=C1CCCC1Cc1[c-]cccc1.[Li+]. The van der Waals surface area contributed by atoms with Crippen molar-refractivity contribution in [1.29, 1.82) is 0 Å². The molecule has 1 aliphatic rings. The van der Waals surface area contributed by atoms with E-state index >= 15 is 0 Å². The first kappa shape index (κ1) is 11.6. The van der Waals surface area contributed by atoms with Crippen LogP contribution in [0.1, 0.15) is 24.8 Å². The average molecular weight is 178 g/mol. The number of hydrogen-bond donors (Lipinski definition) is 0. The molecule has 0 aliphatic heterocycles. The molecular weight excluding hydrogens is 163 g/mol. The normalized spacial score (nSPS) is 20.6. The summed E-state index contributed by atoms with van der Waals surface area (Å²) in [5.74, 6) is 0.721. The zero-order chi connectivity index (χ0) is 9.10. The van der Waals surface area contributed by atoms with E-state index in [1.54, 1.807) is 0 Å². The van der Waals surface area contributed by atoms with Crippen LogP contribution in [0.4, 0.5) is 0 Å². The van der Waals surface area contributed by atoms with E-state index in [1.165, 1.54) is 30.4 Å². The molecule has 0 nitrogen and oxygen atoms in total. The summed E-state index contributed by atoms with van der Waals surface area (Å²) < 4.78 is 0. The van der Waals surface area contributed by atoms with Gasteiger partial charge < -0.3 is 0 Å². The van der Waals surface area contributed by atoms with Gasteiger partial charge in [-0.3, -0.25) is 0 Å². The van der Waals surface area contributed by atoms with E-state index < -0.39 is 0 Å². The van der Waals surface area contributed by atoms with Gasteiger partial charge in [0.25, 0.3) is 0 Å². The third-order valence-corrected chi connectivity index (χ3v) is 2.87. The summed E-state index contributed by atoms with van der Waals surface area (Å²) in [7, 11) is 0. The Balaban J connectivity index is 0.000000980. The number of hydrogen-bond acceptors (Lipinski definition) is 0. The van der Waals surface area contributed by atoms with Gasteiger partial charge in [-0.15, -0.1) is 0 Å². The van der Waals surface area contributed by atoms with Crippen molar-refractivity contribution in [2.45, 2.75) is 25.7 Å². The van der Waals surface area contributed by atoms with Gasteiger partial charge in [0.2, 0.25) is 0 Å². The van der Waals surface area contributed by atoms with Crippen LogP contribution in [0.3, 0.4) is 0 Å². The molecule has 1 fully saturated rings. The van der Waals surface area contributed by atoms with Crippen molar-refractivity contribution in [3.05, 3.63) is 48.0 Å². The van der Waals surface area contributed by atoms with Gasteiger partial charge in [0, 0.05) is 0 Å². The Hall–Kier alpha value is -0.443. The van der Waals surface area contributed by atoms with Crippen LogP contribution in [0.15, 0.2) is 36.4 Å². The van der Waals surface area contributed by atoms with Gasteiger partial charge in [0.15, 0.2) is 0 Å². The first-order valence-electron chi connectivity index (χ1n) is 4.99. The van der Waals surface area contributed by atoms with E-state index in [4.69, 9.17) is 0 Å². The van der Waals surface area contributed by atoms with Crippen LogP contribution in [-0.2, 0) is 6.42 Å². The molecule has 2 rings (SSSR count). The molecule has 0 saturated heterocycles. The topological polar surface area (TPSA) is 0 Å². The minimum atomic E-state index is 0. The summed E-state index contributed by atoms with van der Waals surface area (Å²) in [5, 5.41) is 0. The molecule has 0 N–H and O–H groups in total. The molecule has 0 amide bonds. The van der Waals surface area contributed by atoms with Gasteiger partial charge in [0.1, 0.15) is 0 Å². The second-order valence-corrected chi connectivity index (χ2v) is 3.84. The van der Waals surface area contributed by atoms with Gasteiger partial charge >= 0.3 is 18.9 Å². The maximum atomic E-state index is 4.12. The molecule has 1 aromatic carbocycles. The van der Waals surface area contributed by atoms with E-state index in [0.29, 0.717) is 0 Å². The van der Waals surface area contributed by atoms with Crippen LogP contribution >= 0.6 is 0 Å². The van der Waals surface area contributed by atoms with Crippen LogP contribution in [0.5, 0.6) is 0 Å². The van der Waals surface area contributed by atoms with Crippen LogP contribution in [0.2, 0.25) is 0 Å². The molecule has 0 bridgehead atoms. The van der Waals surface area contributed by atoms with E-state index in [1.807, 2.05) is 12.1 Å². The third kappa shape index (κ3) is 2.77. The third-order valence-electron chi connectivity index (χ3n) is 2.87. The quantitative estimate of drug-likeness (QED) is 0.349. The summed E-state index contributed by atoms with van der Waals surface area (Å²) in [6.45, 7) is 4.12. The van der Waals surface area contributed by atoms with Crippen LogP contribution in [0.25, 0.3) is 0 Å². The Morgan fingerprint density at radius 2 is 2.29 bits per heavy atom. The molecule has 0 radical (unpaired) electrons. The first-order chi connectivity index (χ1) is 6.36. The molecule has 0 spiro atoms. The fourth-order valence-electron chi connectivity index (χ4n) is 2.05. The first-order valence-corrected chi connectivity index (χ1v) is 4.99. The Labute approximate surface area is 98.6 Å². The van der Waals surface area contributed by atoms with Crippen molar-refractivity contribution in [3.8, 4) is 0 Å². The predicted molar refractivity (Wildman–Crippen MR) is 55.5 cm³/mol. The molecule has 1 aromatic rings. The molecule has 0 heterocycles. The summed E-state index contributed by atoms with van der Waals surface area (Å²) in [6.07, 6.45) is 5.02. The minimum Gasteiger partial charge on any atom is -0.180 e. The van der Waals surface area contributed by atoms with Gasteiger partial charge in [-0.1, -0.05) is 12.2 Å². The molecule has 14 heavy (non-hydrogen) atoms. The monoisotopic (exact) mass is 178 g/mol. The van der Waals surface area contributed by atoms with Gasteiger partial charge in [-0.25, -0.2) is 0 Å². The molecular formula is C13H15Li. The average Bonchev–Trinajstić information content (AvgIpc) is 2.54. The van der Waals surface area contributed by atoms with E-state index in [0.717, 1.165) is 12.3 Å². The van der Waals surface area contributed by atoms with E-state index in [2.05, 4.69) is 24.8 Å². The molecule has 68 valence electrons. The largest absolute Gasteiger partial charge is 1.00 e. The van der Waals surface area contributed by atoms with Crippen molar-refractivity contribution in [1.82, 2.24) is 0 Å². The Bertz CT molecular complexity index is 289. The van der Waals surface area contributed by atoms with Crippen molar-refractivity contribution >= 4 is 0 Å². The van der Waals surface area contributed by atoms with Crippen LogP contribution in [0, 0.1) is 12.0 Å². The van der Waals surface area contributed by atoms with Crippen molar-refractivity contribution in [2.75, 3.05) is 0 Å². The number of benzene rings is 1. The van der Waals surface area contributed by atoms with Crippen molar-refractivity contribution in [3.63, 3.8) is 0 Å². The predicted octanol–water partition coefficient (Wildman–Crippen LogP) is 0.390. The Kier molecular flexibility index (Phi) is 4.52. The van der Waals surface area contributed by atoms with Gasteiger partial charge in [0.05, 0.1) is 0 Å². The second kappa shape index (κ2) is 5.44. The zero-order valence-electron chi connectivity index (χ0n) is 8.92. The second-order valence-electron chi connectivity index (χ2n) is 3.84. The summed E-state index contributed by atoms with van der Waals surface area (Å²) in [5.41, 5.74) is 2.77. The number of allylic oxidation sites excluding steroid dienone is 1. The maximum absolute atomic E-state index is 4.12. The van der Waals surface area contributed by atoms with E-state index in [9.17, 15) is 0 Å². The Morgan fingerprint density at radius 1 is 1.43 bits per heavy atom. The summed E-state index contributed by atoms with van der Waals surface area (Å²) >= 11 is 0. The van der Waals surface area contributed by atoms with Gasteiger partial charge in [-0.2, -0.15) is 35.9 Å². The fraction of sp³-hybridized carbons (Fsp3) is 0.385.